The highest BCUT2D eigenvalue weighted by Gasteiger charge is 2.45. The second-order valence-electron chi connectivity index (χ2n) is 6.98. The van der Waals surface area contributed by atoms with Gasteiger partial charge in [-0.2, -0.15) is 0 Å². The van der Waals surface area contributed by atoms with Crippen LogP contribution in [0.5, 0.6) is 0 Å². The molecule has 132 valence electrons. The number of anilines is 1. The van der Waals surface area contributed by atoms with Crippen LogP contribution in [-0.2, 0) is 11.2 Å². The van der Waals surface area contributed by atoms with Gasteiger partial charge in [-0.15, -0.1) is 10.2 Å². The first-order valence-electron chi connectivity index (χ1n) is 8.72. The molecule has 2 aliphatic rings. The average molecular weight is 358 g/mol. The first-order valence-corrected chi connectivity index (χ1v) is 9.54. The molecule has 2 N–H and O–H groups in total. The number of nitrogens with one attached hydrogen (secondary N) is 1. The zero-order valence-electron chi connectivity index (χ0n) is 14.0. The van der Waals surface area contributed by atoms with Crippen LogP contribution < -0.4 is 10.2 Å². The van der Waals surface area contributed by atoms with Crippen molar-refractivity contribution in [2.24, 2.45) is 5.41 Å². The van der Waals surface area contributed by atoms with Crippen molar-refractivity contribution in [1.29, 1.82) is 0 Å². The van der Waals surface area contributed by atoms with Gasteiger partial charge in [-0.05, 0) is 24.8 Å². The summed E-state index contributed by atoms with van der Waals surface area (Å²) in [6.07, 6.45) is 2.45. The fraction of sp³-hybridized carbons (Fsp3) is 0.500. The third kappa shape index (κ3) is 3.39. The number of benzene rings is 1. The molecule has 2 aromatic rings. The van der Waals surface area contributed by atoms with Crippen molar-refractivity contribution in [1.82, 2.24) is 15.5 Å². The Balaban J connectivity index is 1.40. The predicted molar refractivity (Wildman–Crippen MR) is 96.7 cm³/mol. The van der Waals surface area contributed by atoms with Gasteiger partial charge in [0.2, 0.25) is 11.0 Å². The van der Waals surface area contributed by atoms with E-state index in [9.17, 15) is 9.90 Å². The van der Waals surface area contributed by atoms with Crippen LogP contribution in [0.4, 0.5) is 5.13 Å². The number of β-amino-alcohol motifs (C(OH)–C–C–N with tert-alkyl or cyclic N) is 1. The largest absolute Gasteiger partial charge is 0.391 e. The summed E-state index contributed by atoms with van der Waals surface area (Å²) >= 11 is 1.62. The highest BCUT2D eigenvalue weighted by atomic mass is 32.1. The van der Waals surface area contributed by atoms with Gasteiger partial charge in [0.25, 0.3) is 0 Å². The van der Waals surface area contributed by atoms with E-state index in [0.29, 0.717) is 13.0 Å². The van der Waals surface area contributed by atoms with Crippen molar-refractivity contribution in [2.75, 3.05) is 24.5 Å². The summed E-state index contributed by atoms with van der Waals surface area (Å²) < 4.78 is 0. The van der Waals surface area contributed by atoms with Crippen molar-refractivity contribution in [3.8, 4) is 0 Å². The fourth-order valence-electron chi connectivity index (χ4n) is 3.79. The molecule has 1 aromatic heterocycles. The molecule has 1 spiro atoms. The molecule has 1 aromatic carbocycles. The molecule has 2 fully saturated rings. The SMILES string of the molecule is O=C1NCC(O)CC12CCN(c1nnc(Cc3ccccc3)s1)CC2. The normalized spacial score (nSPS) is 22.8. The first-order chi connectivity index (χ1) is 12.1. The van der Waals surface area contributed by atoms with Crippen LogP contribution in [0.3, 0.4) is 0 Å². The highest BCUT2D eigenvalue weighted by molar-refractivity contribution is 7.15. The van der Waals surface area contributed by atoms with E-state index >= 15 is 0 Å². The number of aliphatic hydroxyl groups is 1. The van der Waals surface area contributed by atoms with Gasteiger partial charge in [0.05, 0.1) is 11.5 Å². The molecule has 1 unspecified atom stereocenters. The van der Waals surface area contributed by atoms with E-state index in [1.807, 2.05) is 18.2 Å². The quantitative estimate of drug-likeness (QED) is 0.871. The zero-order valence-corrected chi connectivity index (χ0v) is 14.8. The van der Waals surface area contributed by atoms with Crippen LogP contribution in [0.15, 0.2) is 30.3 Å². The van der Waals surface area contributed by atoms with Gasteiger partial charge in [0.1, 0.15) is 5.01 Å². The summed E-state index contributed by atoms with van der Waals surface area (Å²) in [5.74, 6) is 0.0967. The molecule has 2 aliphatic heterocycles. The molecule has 25 heavy (non-hydrogen) atoms. The Morgan fingerprint density at radius 3 is 2.76 bits per heavy atom. The number of carbonyl (C=O) groups is 1. The third-order valence-electron chi connectivity index (χ3n) is 5.25. The summed E-state index contributed by atoms with van der Waals surface area (Å²) in [7, 11) is 0. The number of hydrogen-bond donors (Lipinski definition) is 2. The Kier molecular flexibility index (Phi) is 4.43. The van der Waals surface area contributed by atoms with Gasteiger partial charge >= 0.3 is 0 Å². The molecule has 0 aliphatic carbocycles. The van der Waals surface area contributed by atoms with Crippen LogP contribution in [0.2, 0.25) is 0 Å². The molecule has 0 bridgehead atoms. The molecule has 7 heteroatoms. The summed E-state index contributed by atoms with van der Waals surface area (Å²) in [6.45, 7) is 1.93. The van der Waals surface area contributed by atoms with E-state index in [1.165, 1.54) is 5.56 Å². The van der Waals surface area contributed by atoms with Gasteiger partial charge in [0.15, 0.2) is 0 Å². The second-order valence-corrected chi connectivity index (χ2v) is 8.02. The maximum atomic E-state index is 12.3. The van der Waals surface area contributed by atoms with Gasteiger partial charge < -0.3 is 15.3 Å². The molecule has 0 radical (unpaired) electrons. The van der Waals surface area contributed by atoms with Crippen molar-refractivity contribution < 1.29 is 9.90 Å². The lowest BCUT2D eigenvalue weighted by Crippen LogP contribution is -2.56. The zero-order chi connectivity index (χ0) is 17.3. The average Bonchev–Trinajstić information content (AvgIpc) is 3.08. The Labute approximate surface area is 150 Å². The van der Waals surface area contributed by atoms with Crippen LogP contribution in [-0.4, -0.2) is 46.9 Å². The van der Waals surface area contributed by atoms with E-state index in [0.717, 1.165) is 42.5 Å². The Morgan fingerprint density at radius 1 is 1.24 bits per heavy atom. The first kappa shape index (κ1) is 16.5. The summed E-state index contributed by atoms with van der Waals surface area (Å²) in [6, 6.07) is 10.3. The smallest absolute Gasteiger partial charge is 0.226 e. The molecule has 4 rings (SSSR count). The van der Waals surface area contributed by atoms with Crippen LogP contribution in [0.25, 0.3) is 0 Å². The number of hydrogen-bond acceptors (Lipinski definition) is 6. The van der Waals surface area contributed by atoms with Crippen LogP contribution in [0, 0.1) is 5.41 Å². The molecular weight excluding hydrogens is 336 g/mol. The topological polar surface area (TPSA) is 78.4 Å². The Morgan fingerprint density at radius 2 is 2.00 bits per heavy atom. The fourth-order valence-corrected chi connectivity index (χ4v) is 4.71. The number of carbonyl (C=O) groups excluding carboxylic acids is 1. The van der Waals surface area contributed by atoms with Crippen molar-refractivity contribution in [2.45, 2.75) is 31.8 Å². The number of aliphatic hydroxyl groups excluding tert-OH is 1. The summed E-state index contributed by atoms with van der Waals surface area (Å²) in [4.78, 5) is 14.5. The van der Waals surface area contributed by atoms with Crippen LogP contribution >= 0.6 is 11.3 Å². The minimum absolute atomic E-state index is 0.0967. The summed E-state index contributed by atoms with van der Waals surface area (Å²) in [5.41, 5.74) is 0.821. The minimum Gasteiger partial charge on any atom is -0.391 e. The lowest BCUT2D eigenvalue weighted by Gasteiger charge is -2.44. The van der Waals surface area contributed by atoms with E-state index in [4.69, 9.17) is 0 Å². The monoisotopic (exact) mass is 358 g/mol. The maximum absolute atomic E-state index is 12.3. The number of amides is 1. The van der Waals surface area contributed by atoms with Gasteiger partial charge in [-0.25, -0.2) is 0 Å². The molecule has 1 atom stereocenters. The van der Waals surface area contributed by atoms with E-state index in [-0.39, 0.29) is 5.91 Å². The summed E-state index contributed by atoms with van der Waals surface area (Å²) in [5, 5.41) is 23.4. The molecule has 0 saturated carbocycles. The standard InChI is InChI=1S/C18H22N4O2S/c23-14-11-18(16(24)19-12-14)6-8-22(9-7-18)17-21-20-15(25-17)10-13-4-2-1-3-5-13/h1-5,14,23H,6-12H2,(H,19,24). The molecular formula is C18H22N4O2S. The Bertz CT molecular complexity index is 741. The number of aromatic nitrogens is 2. The number of rotatable bonds is 3. The molecule has 6 nitrogen and oxygen atoms in total. The Hall–Kier alpha value is -1.99. The number of piperidine rings is 2. The van der Waals surface area contributed by atoms with E-state index < -0.39 is 11.5 Å². The highest BCUT2D eigenvalue weighted by Crippen LogP contribution is 2.40. The number of nitrogens with zero attached hydrogens (tertiary/aromatic N) is 3. The predicted octanol–water partition coefficient (Wildman–Crippen LogP) is 1.60. The minimum atomic E-state index is -0.428. The molecule has 1 amide bonds. The lowest BCUT2D eigenvalue weighted by molar-refractivity contribution is -0.138. The second kappa shape index (κ2) is 6.72. The van der Waals surface area contributed by atoms with Crippen molar-refractivity contribution in [3.05, 3.63) is 40.9 Å². The van der Waals surface area contributed by atoms with Gasteiger partial charge in [0, 0.05) is 26.1 Å². The van der Waals surface area contributed by atoms with Crippen LogP contribution in [0.1, 0.15) is 29.8 Å². The van der Waals surface area contributed by atoms with Crippen molar-refractivity contribution in [3.63, 3.8) is 0 Å². The maximum Gasteiger partial charge on any atom is 0.226 e. The van der Waals surface area contributed by atoms with E-state index in [2.05, 4.69) is 32.5 Å². The lowest BCUT2D eigenvalue weighted by atomic mass is 9.71. The van der Waals surface area contributed by atoms with Crippen molar-refractivity contribution >= 4 is 22.4 Å². The molecule has 2 saturated heterocycles. The van der Waals surface area contributed by atoms with E-state index in [1.54, 1.807) is 11.3 Å². The van der Waals surface area contributed by atoms with Gasteiger partial charge in [-0.3, -0.25) is 4.79 Å². The van der Waals surface area contributed by atoms with Gasteiger partial charge in [-0.1, -0.05) is 41.7 Å². The third-order valence-corrected chi connectivity index (χ3v) is 6.24. The molecule has 3 heterocycles.